The second-order valence-corrected chi connectivity index (χ2v) is 4.47. The number of rotatable bonds is 4. The number of aliphatic carboxylic acids is 1. The Morgan fingerprint density at radius 1 is 1.16 bits per heavy atom. The van der Waals surface area contributed by atoms with Crippen LogP contribution >= 0.6 is 0 Å². The van der Waals surface area contributed by atoms with E-state index in [-0.39, 0.29) is 24.1 Å². The minimum absolute atomic E-state index is 0.0778. The molecule has 0 aromatic heterocycles. The zero-order valence-corrected chi connectivity index (χ0v) is 10.3. The molecule has 0 unspecified atom stereocenters. The number of anilines is 1. The first kappa shape index (κ1) is 13.1. The molecule has 0 heterocycles. The van der Waals surface area contributed by atoms with Crippen molar-refractivity contribution in [2.45, 2.75) is 12.8 Å². The Hall–Kier alpha value is -2.30. The van der Waals surface area contributed by atoms with E-state index in [2.05, 4.69) is 0 Å². The minimum atomic E-state index is -1.06. The number of nitrogens with zero attached hydrogens (tertiary/aromatic N) is 1. The van der Waals surface area contributed by atoms with Crippen LogP contribution in [0, 0.1) is 5.92 Å². The van der Waals surface area contributed by atoms with E-state index >= 15 is 0 Å². The van der Waals surface area contributed by atoms with Gasteiger partial charge in [-0.1, -0.05) is 12.2 Å². The molecule has 1 amide bonds. The molecule has 1 aromatic carbocycles. The van der Waals surface area contributed by atoms with Gasteiger partial charge in [0, 0.05) is 11.6 Å². The number of allylic oxidation sites excluding steroid dienone is 2. The van der Waals surface area contributed by atoms with Gasteiger partial charge in [0.2, 0.25) is 5.91 Å². The van der Waals surface area contributed by atoms with Crippen molar-refractivity contribution in [2.75, 3.05) is 11.4 Å². The molecular formula is C14H15NO4. The molecule has 0 saturated heterocycles. The molecular weight excluding hydrogens is 246 g/mol. The van der Waals surface area contributed by atoms with Gasteiger partial charge in [0.25, 0.3) is 0 Å². The van der Waals surface area contributed by atoms with Crippen molar-refractivity contribution in [3.8, 4) is 5.75 Å². The van der Waals surface area contributed by atoms with Gasteiger partial charge in [-0.05, 0) is 37.1 Å². The van der Waals surface area contributed by atoms with Crippen LogP contribution in [0.4, 0.5) is 5.69 Å². The summed E-state index contributed by atoms with van der Waals surface area (Å²) in [5, 5.41) is 18.2. The van der Waals surface area contributed by atoms with Gasteiger partial charge in [-0.25, -0.2) is 0 Å². The molecule has 0 saturated carbocycles. The number of amides is 1. The molecule has 2 rings (SSSR count). The lowest BCUT2D eigenvalue weighted by Crippen LogP contribution is -2.39. The highest BCUT2D eigenvalue weighted by molar-refractivity contribution is 5.99. The van der Waals surface area contributed by atoms with Gasteiger partial charge in [0.15, 0.2) is 0 Å². The largest absolute Gasteiger partial charge is 0.508 e. The molecule has 2 N–H and O–H groups in total. The van der Waals surface area contributed by atoms with Crippen LogP contribution in [0.5, 0.6) is 5.75 Å². The summed E-state index contributed by atoms with van der Waals surface area (Å²) >= 11 is 0. The number of hydrogen-bond donors (Lipinski definition) is 2. The van der Waals surface area contributed by atoms with E-state index in [1.54, 1.807) is 12.1 Å². The van der Waals surface area contributed by atoms with Crippen molar-refractivity contribution in [1.82, 2.24) is 0 Å². The number of carboxylic acids is 1. The van der Waals surface area contributed by atoms with Crippen LogP contribution in [-0.4, -0.2) is 28.6 Å². The van der Waals surface area contributed by atoms with E-state index in [4.69, 9.17) is 5.11 Å². The molecule has 1 aromatic rings. The zero-order chi connectivity index (χ0) is 13.8. The van der Waals surface area contributed by atoms with E-state index in [0.29, 0.717) is 18.5 Å². The minimum Gasteiger partial charge on any atom is -0.508 e. The fourth-order valence-electron chi connectivity index (χ4n) is 2.10. The Labute approximate surface area is 110 Å². The van der Waals surface area contributed by atoms with Crippen molar-refractivity contribution in [3.05, 3.63) is 36.4 Å². The summed E-state index contributed by atoms with van der Waals surface area (Å²) in [6, 6.07) is 5.95. The van der Waals surface area contributed by atoms with E-state index in [0.717, 1.165) is 0 Å². The van der Waals surface area contributed by atoms with E-state index < -0.39 is 5.97 Å². The zero-order valence-electron chi connectivity index (χ0n) is 10.3. The number of benzene rings is 1. The Balaban J connectivity index is 2.22. The third kappa shape index (κ3) is 3.13. The Morgan fingerprint density at radius 3 is 2.26 bits per heavy atom. The molecule has 1 aliphatic carbocycles. The topological polar surface area (TPSA) is 77.8 Å². The lowest BCUT2D eigenvalue weighted by Gasteiger charge is -2.24. The summed E-state index contributed by atoms with van der Waals surface area (Å²) in [7, 11) is 0. The maximum Gasteiger partial charge on any atom is 0.323 e. The lowest BCUT2D eigenvalue weighted by molar-refractivity contribution is -0.137. The smallest absolute Gasteiger partial charge is 0.323 e. The van der Waals surface area contributed by atoms with Gasteiger partial charge < -0.3 is 15.1 Å². The van der Waals surface area contributed by atoms with Gasteiger partial charge in [-0.15, -0.1) is 0 Å². The summed E-state index contributed by atoms with van der Waals surface area (Å²) in [5.74, 6) is -1.37. The Kier molecular flexibility index (Phi) is 3.85. The molecule has 5 heteroatoms. The second-order valence-electron chi connectivity index (χ2n) is 4.47. The van der Waals surface area contributed by atoms with Crippen molar-refractivity contribution in [1.29, 1.82) is 0 Å². The molecule has 0 radical (unpaired) electrons. The molecule has 0 spiro atoms. The maximum absolute atomic E-state index is 12.3. The highest BCUT2D eigenvalue weighted by Crippen LogP contribution is 2.25. The number of hydrogen-bond acceptors (Lipinski definition) is 3. The quantitative estimate of drug-likeness (QED) is 0.810. The van der Waals surface area contributed by atoms with Gasteiger partial charge in [0.1, 0.15) is 12.3 Å². The van der Waals surface area contributed by atoms with Crippen LogP contribution in [0.3, 0.4) is 0 Å². The lowest BCUT2D eigenvalue weighted by atomic mass is 10.1. The second kappa shape index (κ2) is 5.56. The van der Waals surface area contributed by atoms with E-state index in [9.17, 15) is 14.7 Å². The molecule has 0 bridgehead atoms. The number of carbonyl (C=O) groups excluding carboxylic acids is 1. The van der Waals surface area contributed by atoms with Gasteiger partial charge in [0.05, 0.1) is 0 Å². The average molecular weight is 261 g/mol. The summed E-state index contributed by atoms with van der Waals surface area (Å²) in [5.41, 5.74) is 0.483. The van der Waals surface area contributed by atoms with Crippen LogP contribution in [-0.2, 0) is 9.59 Å². The summed E-state index contributed by atoms with van der Waals surface area (Å²) < 4.78 is 0. The van der Waals surface area contributed by atoms with Gasteiger partial charge >= 0.3 is 5.97 Å². The SMILES string of the molecule is O=C(O)CN(C(=O)C1CC=CC1)c1ccc(O)cc1. The van der Waals surface area contributed by atoms with Crippen molar-refractivity contribution in [2.24, 2.45) is 5.92 Å². The monoisotopic (exact) mass is 261 g/mol. The number of carboxylic acid groups (broad SMARTS) is 1. The van der Waals surface area contributed by atoms with Gasteiger partial charge in [-0.3, -0.25) is 9.59 Å². The summed E-state index contributed by atoms with van der Waals surface area (Å²) in [6.45, 7) is -0.375. The molecule has 5 nitrogen and oxygen atoms in total. The highest BCUT2D eigenvalue weighted by atomic mass is 16.4. The summed E-state index contributed by atoms with van der Waals surface area (Å²) in [6.07, 6.45) is 5.15. The Bertz CT molecular complexity index is 499. The first-order valence-electron chi connectivity index (χ1n) is 6.05. The number of phenolic OH excluding ortho intramolecular Hbond substituents is 1. The van der Waals surface area contributed by atoms with Gasteiger partial charge in [-0.2, -0.15) is 0 Å². The third-order valence-corrected chi connectivity index (χ3v) is 3.08. The highest BCUT2D eigenvalue weighted by Gasteiger charge is 2.27. The third-order valence-electron chi connectivity index (χ3n) is 3.08. The average Bonchev–Trinajstić information content (AvgIpc) is 2.90. The molecule has 1 aliphatic rings. The molecule has 0 fully saturated rings. The standard InChI is InChI=1S/C14H15NO4/c16-12-7-5-11(6-8-12)15(9-13(17)18)14(19)10-3-1-2-4-10/h1-2,5-8,10,16H,3-4,9H2,(H,17,18). The van der Waals surface area contributed by atoms with E-state index in [1.165, 1.54) is 17.0 Å². The van der Waals surface area contributed by atoms with Crippen LogP contribution in [0.2, 0.25) is 0 Å². The van der Waals surface area contributed by atoms with Crippen LogP contribution in [0.25, 0.3) is 0 Å². The maximum atomic E-state index is 12.3. The fourth-order valence-corrected chi connectivity index (χ4v) is 2.10. The van der Waals surface area contributed by atoms with Crippen LogP contribution < -0.4 is 4.90 Å². The molecule has 0 atom stereocenters. The predicted molar refractivity (Wildman–Crippen MR) is 70.0 cm³/mol. The molecule has 0 aliphatic heterocycles. The molecule has 19 heavy (non-hydrogen) atoms. The molecule has 100 valence electrons. The summed E-state index contributed by atoms with van der Waals surface area (Å²) in [4.78, 5) is 24.5. The first-order chi connectivity index (χ1) is 9.08. The first-order valence-corrected chi connectivity index (χ1v) is 6.05. The van der Waals surface area contributed by atoms with E-state index in [1.807, 2.05) is 12.2 Å². The van der Waals surface area contributed by atoms with Crippen molar-refractivity contribution >= 4 is 17.6 Å². The van der Waals surface area contributed by atoms with Crippen LogP contribution in [0.15, 0.2) is 36.4 Å². The fraction of sp³-hybridized carbons (Fsp3) is 0.286. The number of carbonyl (C=O) groups is 2. The normalized spacial score (nSPS) is 14.5. The number of aromatic hydroxyl groups is 1. The Morgan fingerprint density at radius 2 is 1.74 bits per heavy atom. The van der Waals surface area contributed by atoms with Crippen molar-refractivity contribution in [3.63, 3.8) is 0 Å². The van der Waals surface area contributed by atoms with Crippen molar-refractivity contribution < 1.29 is 19.8 Å². The predicted octanol–water partition coefficient (Wildman–Crippen LogP) is 1.78. The number of phenols is 1. The van der Waals surface area contributed by atoms with Crippen LogP contribution in [0.1, 0.15) is 12.8 Å².